The normalized spacial score (nSPS) is 20.6. The van der Waals surface area contributed by atoms with Gasteiger partial charge >= 0.3 is 30.0 Å². The highest BCUT2D eigenvalue weighted by Gasteiger charge is 2.46. The molecule has 5 amide bonds. The van der Waals surface area contributed by atoms with Crippen LogP contribution in [0.1, 0.15) is 183 Å². The number of likely N-dealkylation sites (tertiary alicyclic amines) is 4. The Bertz CT molecular complexity index is 4800. The minimum absolute atomic E-state index is 0.00933. The van der Waals surface area contributed by atoms with E-state index in [2.05, 4.69) is 25.3 Å². The van der Waals surface area contributed by atoms with Crippen LogP contribution < -0.4 is 16.8 Å². The van der Waals surface area contributed by atoms with E-state index >= 15 is 8.78 Å². The molecule has 0 saturated carbocycles. The Labute approximate surface area is 683 Å². The van der Waals surface area contributed by atoms with E-state index in [4.69, 9.17) is 35.2 Å². The zero-order chi connectivity index (χ0) is 85.8. The van der Waals surface area contributed by atoms with Gasteiger partial charge in [0.15, 0.2) is 0 Å². The monoisotopic (exact) mass is 1640 g/mol. The number of ketones is 1. The number of Topliss-reactive ketones (excluding diaryl/α,β-unsaturated/α-hetero) is 1. The van der Waals surface area contributed by atoms with E-state index in [1.165, 1.54) is 76.2 Å². The SMILES string of the molecule is CC[C@H](CC(=O)CC(C)(C)C)C(=O)N1C[C@@H](OC(C)=O)C[C@H]1Cc1c(-c2[nH]c3cc(F)ccc3c2C[C@@H]2C[C@H](OC(C)=O)CN2C(=O)[C@H](CC)NC(=O)OC(C)(C)C)[nH]c2cc(F)ccc12.CC[C@H](N)C(=O)N1C[C@@H](OC(C)=O)C[C@H]1Cc1c(-c2[nH]c3cc(F)ccc3c2C[C@@H]2C[C@H](OC(C)=O)CN2C(=O)[C@@H](N)CC)[nH]c2cc(F)ccc12. The van der Waals surface area contributed by atoms with Crippen molar-refractivity contribution in [2.24, 2.45) is 22.8 Å². The zero-order valence-corrected chi connectivity index (χ0v) is 69.7. The number of hydrogen-bond acceptors (Lipinski definition) is 17. The number of alkyl carbamates (subject to hydrolysis) is 1. The molecule has 0 radical (unpaired) electrons. The average Bonchev–Trinajstić information content (AvgIpc) is 1.59. The van der Waals surface area contributed by atoms with Crippen LogP contribution in [0.15, 0.2) is 72.8 Å². The van der Waals surface area contributed by atoms with Gasteiger partial charge in [-0.2, -0.15) is 0 Å². The first-order valence-corrected chi connectivity index (χ1v) is 40.8. The zero-order valence-electron chi connectivity index (χ0n) is 69.7. The Balaban J connectivity index is 0.000000238. The summed E-state index contributed by atoms with van der Waals surface area (Å²) in [7, 11) is 0. The van der Waals surface area contributed by atoms with E-state index in [1.807, 2.05) is 41.5 Å². The third kappa shape index (κ3) is 20.7. The second-order valence-corrected chi connectivity index (χ2v) is 34.2. The number of H-pyrrole nitrogens is 4. The van der Waals surface area contributed by atoms with Crippen LogP contribution in [0.2, 0.25) is 0 Å². The molecule has 4 saturated heterocycles. The molecular formula is C88H111F4N11O15. The molecule has 0 aliphatic carbocycles. The number of aromatic amines is 4. The van der Waals surface area contributed by atoms with E-state index in [-0.39, 0.29) is 87.2 Å². The van der Waals surface area contributed by atoms with Crippen molar-refractivity contribution in [1.82, 2.24) is 44.9 Å². The molecule has 4 aliphatic heterocycles. The van der Waals surface area contributed by atoms with Crippen molar-refractivity contribution in [3.63, 3.8) is 0 Å². The van der Waals surface area contributed by atoms with E-state index in [0.717, 1.165) is 21.9 Å². The highest BCUT2D eigenvalue weighted by Crippen LogP contribution is 2.44. The highest BCUT2D eigenvalue weighted by molar-refractivity contribution is 5.99. The van der Waals surface area contributed by atoms with Crippen LogP contribution in [0.25, 0.3) is 66.4 Å². The van der Waals surface area contributed by atoms with Gasteiger partial charge in [0.1, 0.15) is 65.1 Å². The number of carbonyl (C=O) groups is 10. The molecular weight excluding hydrogens is 1530 g/mol. The standard InChI is InChI=1S/C50H65F2N5O9.C38H46F2N6O6/c1-11-29(17-34(60)24-49(5,6)7)46(61)56-25-35(64-27(3)58)20-32(56)22-39-37-15-13-30(51)18-42(37)53-44(39)45-40(38-16-14-31(52)19-43(38)54-45)23-33-21-36(65-28(4)59)26-57(33)47(62)41(12-2)55-48(63)66-50(8,9)10;1-5-31(41)37(49)45-17-25(51-19(3)47)13-23(45)15-29-27-9-7-21(39)11-33(27)43-35(29)36-30(28-10-8-22(40)12-34(28)44-36)16-24-14-26(52-20(4)48)18-46(24)38(50)32(42)6-2/h13-16,18-19,29,32-33,35-36,41,53-54H,11-12,17,20-26H2,1-10H3,(H,55,63);7-12,23-26,31-32,43-44H,5-6,13-18,41-42H2,1-4H3/t29-,32+,33+,35+,36+,41+;23-,24-,25-,26-,31-,32-/m10/s1. The topological polar surface area (TPSA) is 357 Å². The number of ether oxygens (including phenoxy) is 5. The molecule has 9 N–H and O–H groups in total. The molecule has 12 atom stereocenters. The first kappa shape index (κ1) is 88.2. The van der Waals surface area contributed by atoms with Gasteiger partial charge in [-0.1, -0.05) is 48.5 Å². The molecule has 4 aromatic carbocycles. The number of nitrogens with zero attached hydrogens (tertiary/aromatic N) is 4. The molecule has 4 aliphatic rings. The van der Waals surface area contributed by atoms with Gasteiger partial charge in [0.2, 0.25) is 23.6 Å². The summed E-state index contributed by atoms with van der Waals surface area (Å²) in [6, 6.07) is 13.3. The minimum atomic E-state index is -0.957. The molecule has 0 spiro atoms. The van der Waals surface area contributed by atoms with Crippen LogP contribution >= 0.6 is 0 Å². The smallest absolute Gasteiger partial charge is 0.408 e. The predicted octanol–water partition coefficient (Wildman–Crippen LogP) is 12.7. The van der Waals surface area contributed by atoms with Crippen LogP contribution in [-0.2, 0) is 92.5 Å². The quantitative estimate of drug-likeness (QED) is 0.0150. The van der Waals surface area contributed by atoms with Crippen LogP contribution in [0.5, 0.6) is 0 Å². The number of fused-ring (bicyclic) bond motifs is 4. The van der Waals surface area contributed by atoms with E-state index in [0.29, 0.717) is 125 Å². The van der Waals surface area contributed by atoms with Gasteiger partial charge in [0, 0.05) is 140 Å². The van der Waals surface area contributed by atoms with Gasteiger partial charge in [0.25, 0.3) is 0 Å². The van der Waals surface area contributed by atoms with Crippen LogP contribution in [0.4, 0.5) is 22.4 Å². The van der Waals surface area contributed by atoms with Gasteiger partial charge in [-0.05, 0) is 173 Å². The average molecular weight is 1640 g/mol. The lowest BCUT2D eigenvalue weighted by Crippen LogP contribution is -2.51. The molecule has 0 unspecified atom stereocenters. The molecule has 118 heavy (non-hydrogen) atoms. The van der Waals surface area contributed by atoms with E-state index in [9.17, 15) is 56.7 Å². The summed E-state index contributed by atoms with van der Waals surface area (Å²) in [6.45, 7) is 24.2. The molecule has 8 aromatic rings. The van der Waals surface area contributed by atoms with Crippen molar-refractivity contribution < 1.29 is 89.2 Å². The van der Waals surface area contributed by atoms with E-state index < -0.39 is 137 Å². The fraction of sp³-hybridized carbons (Fsp3) is 0.523. The fourth-order valence-electron chi connectivity index (χ4n) is 17.5. The number of nitrogens with two attached hydrogens (primary N) is 2. The molecule has 4 fully saturated rings. The molecule has 8 heterocycles. The maximum atomic E-state index is 15.0. The van der Waals surface area contributed by atoms with Crippen molar-refractivity contribution in [3.05, 3.63) is 118 Å². The number of aromatic nitrogens is 4. The van der Waals surface area contributed by atoms with Crippen molar-refractivity contribution in [2.45, 2.75) is 259 Å². The van der Waals surface area contributed by atoms with Crippen molar-refractivity contribution in [1.29, 1.82) is 0 Å². The third-order valence-corrected chi connectivity index (χ3v) is 22.7. The summed E-state index contributed by atoms with van der Waals surface area (Å²) in [4.78, 5) is 151. The summed E-state index contributed by atoms with van der Waals surface area (Å²) >= 11 is 0. The maximum absolute atomic E-state index is 15.0. The van der Waals surface area contributed by atoms with E-state index in [1.54, 1.807) is 71.6 Å². The van der Waals surface area contributed by atoms with Gasteiger partial charge in [-0.25, -0.2) is 22.4 Å². The summed E-state index contributed by atoms with van der Waals surface area (Å²) < 4.78 is 87.4. The Hall–Kier alpha value is -10.6. The van der Waals surface area contributed by atoms with Gasteiger partial charge in [-0.15, -0.1) is 0 Å². The molecule has 636 valence electrons. The lowest BCUT2D eigenvalue weighted by atomic mass is 9.86. The largest absolute Gasteiger partial charge is 0.461 e. The third-order valence-electron chi connectivity index (χ3n) is 22.7. The maximum Gasteiger partial charge on any atom is 0.408 e. The lowest BCUT2D eigenvalue weighted by Gasteiger charge is -2.30. The molecule has 4 aromatic heterocycles. The second-order valence-electron chi connectivity index (χ2n) is 34.2. The van der Waals surface area contributed by atoms with Gasteiger partial charge < -0.3 is 80.0 Å². The van der Waals surface area contributed by atoms with Crippen molar-refractivity contribution in [2.75, 3.05) is 26.2 Å². The predicted molar refractivity (Wildman–Crippen MR) is 436 cm³/mol. The molecule has 0 bridgehead atoms. The Morgan fingerprint density at radius 2 is 0.720 bits per heavy atom. The Morgan fingerprint density at radius 3 is 0.975 bits per heavy atom. The highest BCUT2D eigenvalue weighted by atomic mass is 19.1. The number of carbonyl (C=O) groups excluding carboxylic acids is 10. The number of hydrogen-bond donors (Lipinski definition) is 7. The lowest BCUT2D eigenvalue weighted by molar-refractivity contribution is -0.147. The number of benzene rings is 4. The first-order valence-electron chi connectivity index (χ1n) is 40.8. The van der Waals surface area contributed by atoms with Crippen LogP contribution in [0, 0.1) is 34.6 Å². The number of rotatable bonds is 26. The Kier molecular flexibility index (Phi) is 27.4. The van der Waals surface area contributed by atoms with Gasteiger partial charge in [-0.3, -0.25) is 43.2 Å². The van der Waals surface area contributed by atoms with Crippen LogP contribution in [-0.4, -0.2) is 197 Å². The minimum Gasteiger partial charge on any atom is -0.461 e. The summed E-state index contributed by atoms with van der Waals surface area (Å²) in [5.74, 6) is -5.49. The van der Waals surface area contributed by atoms with Gasteiger partial charge in [0.05, 0.1) is 61.0 Å². The van der Waals surface area contributed by atoms with Crippen LogP contribution in [0.3, 0.4) is 0 Å². The molecule has 26 nitrogen and oxygen atoms in total. The number of halogens is 4. The second kappa shape index (κ2) is 36.7. The fourth-order valence-corrected chi connectivity index (χ4v) is 17.5. The summed E-state index contributed by atoms with van der Waals surface area (Å²) in [5.41, 5.74) is 18.6. The molecule has 12 rings (SSSR count). The number of nitrogens with one attached hydrogen (secondary N) is 5. The first-order chi connectivity index (χ1) is 55.7. The number of amides is 5. The summed E-state index contributed by atoms with van der Waals surface area (Å²) in [6.07, 6.45) is 1.20. The number of esters is 4. The molecule has 30 heteroatoms. The van der Waals surface area contributed by atoms with Crippen molar-refractivity contribution >= 4 is 103 Å². The summed E-state index contributed by atoms with van der Waals surface area (Å²) in [5, 5.41) is 5.47. The van der Waals surface area contributed by atoms with Crippen molar-refractivity contribution in [3.8, 4) is 22.8 Å². The Morgan fingerprint density at radius 1 is 0.432 bits per heavy atom.